The summed E-state index contributed by atoms with van der Waals surface area (Å²) < 4.78 is 27.2. The molecule has 2 heterocycles. The lowest BCUT2D eigenvalue weighted by atomic mass is 10.0. The third kappa shape index (κ3) is 4.95. The molecule has 2 aromatic carbocycles. The number of fused-ring (bicyclic) bond motifs is 1. The molecular formula is C25H30ClN3O3S. The van der Waals surface area contributed by atoms with Gasteiger partial charge in [-0.1, -0.05) is 31.9 Å². The molecule has 0 saturated carbocycles. The lowest BCUT2D eigenvalue weighted by Crippen LogP contribution is -2.46. The molecule has 1 amide bonds. The quantitative estimate of drug-likeness (QED) is 0.496. The highest BCUT2D eigenvalue weighted by atomic mass is 35.5. The van der Waals surface area contributed by atoms with Gasteiger partial charge < -0.3 is 10.3 Å². The first-order valence-corrected chi connectivity index (χ1v) is 13.3. The van der Waals surface area contributed by atoms with Gasteiger partial charge in [-0.25, -0.2) is 8.42 Å². The number of benzene rings is 2. The molecule has 2 N–H and O–H groups in total. The van der Waals surface area contributed by atoms with Crippen molar-refractivity contribution in [1.29, 1.82) is 0 Å². The fraction of sp³-hybridized carbons (Fsp3) is 0.400. The van der Waals surface area contributed by atoms with Crippen LogP contribution in [0.2, 0.25) is 5.02 Å². The second kappa shape index (κ2) is 9.87. The number of H-pyrrole nitrogens is 1. The summed E-state index contributed by atoms with van der Waals surface area (Å²) in [5, 5.41) is 4.71. The predicted octanol–water partition coefficient (Wildman–Crippen LogP) is 4.92. The Morgan fingerprint density at radius 2 is 1.82 bits per heavy atom. The fourth-order valence-corrected chi connectivity index (χ4v) is 6.17. The van der Waals surface area contributed by atoms with E-state index in [-0.39, 0.29) is 16.8 Å². The second-order valence-electron chi connectivity index (χ2n) is 8.55. The number of nitrogens with zero attached hydrogens (tertiary/aromatic N) is 1. The van der Waals surface area contributed by atoms with Gasteiger partial charge in [0.1, 0.15) is 0 Å². The molecule has 1 aromatic heterocycles. The SMILES string of the molecule is CCCc1[nH]c2ccc(C(=O)NC3CCN(S(=O)(=O)c4ccc(Cl)cc4)CC3)cc2c1CC. The minimum absolute atomic E-state index is 0.0580. The zero-order chi connectivity index (χ0) is 23.6. The van der Waals surface area contributed by atoms with Crippen LogP contribution in [0.1, 0.15) is 54.7 Å². The van der Waals surface area contributed by atoms with E-state index in [2.05, 4.69) is 24.1 Å². The van der Waals surface area contributed by atoms with Gasteiger partial charge in [-0.15, -0.1) is 0 Å². The van der Waals surface area contributed by atoms with Gasteiger partial charge in [-0.05, 0) is 73.7 Å². The van der Waals surface area contributed by atoms with Crippen molar-refractivity contribution < 1.29 is 13.2 Å². The molecule has 1 aliphatic rings. The molecule has 3 aromatic rings. The van der Waals surface area contributed by atoms with E-state index >= 15 is 0 Å². The predicted molar refractivity (Wildman–Crippen MR) is 132 cm³/mol. The summed E-state index contributed by atoms with van der Waals surface area (Å²) in [7, 11) is -3.56. The van der Waals surface area contributed by atoms with Crippen LogP contribution >= 0.6 is 11.6 Å². The first kappa shape index (κ1) is 23.8. The number of aromatic nitrogens is 1. The van der Waals surface area contributed by atoms with Crippen molar-refractivity contribution in [3.05, 3.63) is 64.3 Å². The zero-order valence-corrected chi connectivity index (χ0v) is 20.6. The monoisotopic (exact) mass is 487 g/mol. The maximum atomic E-state index is 13.0. The molecule has 1 saturated heterocycles. The van der Waals surface area contributed by atoms with Crippen molar-refractivity contribution in [2.24, 2.45) is 0 Å². The molecule has 8 heteroatoms. The fourth-order valence-electron chi connectivity index (χ4n) is 4.58. The number of amides is 1. The lowest BCUT2D eigenvalue weighted by molar-refractivity contribution is 0.0924. The topological polar surface area (TPSA) is 82.3 Å². The van der Waals surface area contributed by atoms with E-state index in [1.165, 1.54) is 27.7 Å². The molecule has 176 valence electrons. The van der Waals surface area contributed by atoms with Gasteiger partial charge in [0.05, 0.1) is 4.90 Å². The van der Waals surface area contributed by atoms with Crippen LogP contribution in [0.15, 0.2) is 47.4 Å². The Kier molecular flexibility index (Phi) is 7.12. The van der Waals surface area contributed by atoms with E-state index < -0.39 is 10.0 Å². The Hall–Kier alpha value is -2.35. The number of aryl methyl sites for hydroxylation is 2. The molecule has 0 bridgehead atoms. The van der Waals surface area contributed by atoms with Crippen LogP contribution in [0.4, 0.5) is 0 Å². The highest BCUT2D eigenvalue weighted by molar-refractivity contribution is 7.89. The number of hydrogen-bond donors (Lipinski definition) is 2. The van der Waals surface area contributed by atoms with Crippen molar-refractivity contribution in [2.75, 3.05) is 13.1 Å². The van der Waals surface area contributed by atoms with E-state index in [1.54, 1.807) is 12.1 Å². The molecule has 1 fully saturated rings. The average Bonchev–Trinajstić information content (AvgIpc) is 3.16. The maximum absolute atomic E-state index is 13.0. The van der Waals surface area contributed by atoms with Crippen molar-refractivity contribution in [1.82, 2.24) is 14.6 Å². The smallest absolute Gasteiger partial charge is 0.251 e. The summed E-state index contributed by atoms with van der Waals surface area (Å²) in [6.45, 7) is 5.04. The average molecular weight is 488 g/mol. The van der Waals surface area contributed by atoms with Gasteiger partial charge >= 0.3 is 0 Å². The minimum Gasteiger partial charge on any atom is -0.358 e. The molecule has 33 heavy (non-hydrogen) atoms. The molecule has 0 radical (unpaired) electrons. The molecule has 0 unspecified atom stereocenters. The number of nitrogens with one attached hydrogen (secondary N) is 2. The maximum Gasteiger partial charge on any atom is 0.251 e. The van der Waals surface area contributed by atoms with Crippen LogP contribution in [0, 0.1) is 0 Å². The summed E-state index contributed by atoms with van der Waals surface area (Å²) in [4.78, 5) is 16.7. The summed E-state index contributed by atoms with van der Waals surface area (Å²) >= 11 is 5.88. The highest BCUT2D eigenvalue weighted by Crippen LogP contribution is 2.26. The summed E-state index contributed by atoms with van der Waals surface area (Å²) in [6, 6.07) is 12.0. The third-order valence-corrected chi connectivity index (χ3v) is 8.52. The largest absolute Gasteiger partial charge is 0.358 e. The van der Waals surface area contributed by atoms with Crippen LogP contribution in [-0.2, 0) is 22.9 Å². The van der Waals surface area contributed by atoms with Crippen molar-refractivity contribution in [3.8, 4) is 0 Å². The third-order valence-electron chi connectivity index (χ3n) is 6.35. The Bertz CT molecular complexity index is 1240. The van der Waals surface area contributed by atoms with Gasteiger partial charge in [0.2, 0.25) is 10.0 Å². The van der Waals surface area contributed by atoms with Gasteiger partial charge in [0, 0.05) is 46.3 Å². The molecule has 1 aliphatic heterocycles. The van der Waals surface area contributed by atoms with E-state index in [0.717, 1.165) is 30.2 Å². The molecule has 0 spiro atoms. The van der Waals surface area contributed by atoms with Gasteiger partial charge in [-0.2, -0.15) is 4.31 Å². The Labute approximate surface area is 200 Å². The molecule has 4 rings (SSSR count). The van der Waals surface area contributed by atoms with E-state index in [4.69, 9.17) is 11.6 Å². The molecule has 6 nitrogen and oxygen atoms in total. The highest BCUT2D eigenvalue weighted by Gasteiger charge is 2.30. The summed E-state index contributed by atoms with van der Waals surface area (Å²) in [5.41, 5.74) is 4.23. The van der Waals surface area contributed by atoms with Crippen molar-refractivity contribution >= 4 is 38.4 Å². The van der Waals surface area contributed by atoms with Gasteiger partial charge in [-0.3, -0.25) is 4.79 Å². The Balaban J connectivity index is 1.42. The van der Waals surface area contributed by atoms with Crippen LogP contribution in [0.3, 0.4) is 0 Å². The van der Waals surface area contributed by atoms with Crippen molar-refractivity contribution in [3.63, 3.8) is 0 Å². The molecular weight excluding hydrogens is 458 g/mol. The van der Waals surface area contributed by atoms with Gasteiger partial charge in [0.15, 0.2) is 0 Å². The number of hydrogen-bond acceptors (Lipinski definition) is 3. The van der Waals surface area contributed by atoms with Crippen molar-refractivity contribution in [2.45, 2.75) is 56.9 Å². The second-order valence-corrected chi connectivity index (χ2v) is 10.9. The molecule has 0 atom stereocenters. The standard InChI is InChI=1S/C25H30ClN3O3S/c1-3-5-23-21(4-2)22-16-17(6-11-24(22)28-23)25(30)27-19-12-14-29(15-13-19)33(31,32)20-9-7-18(26)8-10-20/h6-11,16,19,28H,3-5,12-15H2,1-2H3,(H,27,30). The number of aromatic amines is 1. The number of halogens is 1. The number of sulfonamides is 1. The minimum atomic E-state index is -3.56. The number of carbonyl (C=O) groups excluding carboxylic acids is 1. The number of carbonyl (C=O) groups is 1. The number of rotatable bonds is 7. The van der Waals surface area contributed by atoms with Crippen LogP contribution in [-0.4, -0.2) is 42.7 Å². The Morgan fingerprint density at radius 1 is 1.12 bits per heavy atom. The molecule has 0 aliphatic carbocycles. The first-order valence-electron chi connectivity index (χ1n) is 11.5. The Morgan fingerprint density at radius 3 is 2.45 bits per heavy atom. The summed E-state index contributed by atoms with van der Waals surface area (Å²) in [6.07, 6.45) is 4.13. The van der Waals surface area contributed by atoms with E-state index in [0.29, 0.717) is 36.5 Å². The first-order chi connectivity index (χ1) is 15.8. The number of piperidine rings is 1. The normalized spacial score (nSPS) is 15.7. The van der Waals surface area contributed by atoms with Crippen LogP contribution in [0.25, 0.3) is 10.9 Å². The zero-order valence-electron chi connectivity index (χ0n) is 19.0. The lowest BCUT2D eigenvalue weighted by Gasteiger charge is -2.31. The summed E-state index contributed by atoms with van der Waals surface area (Å²) in [5.74, 6) is -0.115. The van der Waals surface area contributed by atoms with Gasteiger partial charge in [0.25, 0.3) is 5.91 Å². The van der Waals surface area contributed by atoms with Crippen LogP contribution in [0.5, 0.6) is 0 Å². The van der Waals surface area contributed by atoms with E-state index in [9.17, 15) is 13.2 Å². The van der Waals surface area contributed by atoms with Crippen LogP contribution < -0.4 is 5.32 Å². The van der Waals surface area contributed by atoms with E-state index in [1.807, 2.05) is 18.2 Å².